The summed E-state index contributed by atoms with van der Waals surface area (Å²) in [6, 6.07) is 4.84. The topological polar surface area (TPSA) is 49.4 Å². The predicted molar refractivity (Wildman–Crippen MR) is 84.9 cm³/mol. The summed E-state index contributed by atoms with van der Waals surface area (Å²) in [5, 5.41) is 2.65. The van der Waals surface area contributed by atoms with E-state index in [-0.39, 0.29) is 24.1 Å². The number of hydrogen-bond donors (Lipinski definition) is 1. The van der Waals surface area contributed by atoms with Crippen LogP contribution in [-0.4, -0.2) is 36.3 Å². The lowest BCUT2D eigenvalue weighted by Crippen LogP contribution is -2.39. The van der Waals surface area contributed by atoms with Gasteiger partial charge in [-0.25, -0.2) is 4.39 Å². The summed E-state index contributed by atoms with van der Waals surface area (Å²) in [6.07, 6.45) is 2.18. The van der Waals surface area contributed by atoms with E-state index in [9.17, 15) is 14.0 Å². The smallest absolute Gasteiger partial charge is 0.243 e. The Kier molecular flexibility index (Phi) is 7.29. The summed E-state index contributed by atoms with van der Waals surface area (Å²) < 4.78 is 13.5. The molecule has 120 valence electrons. The molecule has 1 aromatic rings. The molecule has 1 aromatic carbocycles. The van der Waals surface area contributed by atoms with Crippen LogP contribution in [0.3, 0.4) is 0 Å². The van der Waals surface area contributed by atoms with E-state index in [0.29, 0.717) is 30.8 Å². The van der Waals surface area contributed by atoms with Crippen LogP contribution in [0.25, 0.3) is 0 Å². The zero-order chi connectivity index (χ0) is 16.5. The molecule has 0 bridgehead atoms. The van der Waals surface area contributed by atoms with Gasteiger partial charge in [0.25, 0.3) is 0 Å². The molecule has 0 aromatic heterocycles. The Bertz CT molecular complexity index is 543. The number of halogens is 1. The van der Waals surface area contributed by atoms with Gasteiger partial charge in [-0.3, -0.25) is 9.59 Å². The van der Waals surface area contributed by atoms with Crippen molar-refractivity contribution in [3.05, 3.63) is 47.8 Å². The van der Waals surface area contributed by atoms with Gasteiger partial charge >= 0.3 is 0 Å². The van der Waals surface area contributed by atoms with Gasteiger partial charge in [-0.05, 0) is 36.6 Å². The number of nitrogens with zero attached hydrogens (tertiary/aromatic N) is 1. The lowest BCUT2D eigenvalue weighted by molar-refractivity contribution is -0.130. The molecule has 1 rings (SSSR count). The third-order valence-electron chi connectivity index (χ3n) is 3.30. The minimum atomic E-state index is -0.300. The van der Waals surface area contributed by atoms with Crippen molar-refractivity contribution in [2.24, 2.45) is 0 Å². The maximum atomic E-state index is 13.5. The molecule has 0 aliphatic rings. The second-order valence-electron chi connectivity index (χ2n) is 5.14. The van der Waals surface area contributed by atoms with Crippen LogP contribution in [0.1, 0.15) is 24.5 Å². The van der Waals surface area contributed by atoms with E-state index in [1.54, 1.807) is 24.0 Å². The number of hydrogen-bond acceptors (Lipinski definition) is 2. The molecule has 1 N–H and O–H groups in total. The molecule has 0 unspecified atom stereocenters. The Labute approximate surface area is 131 Å². The van der Waals surface area contributed by atoms with Crippen molar-refractivity contribution in [1.29, 1.82) is 0 Å². The Morgan fingerprint density at radius 1 is 1.36 bits per heavy atom. The van der Waals surface area contributed by atoms with Crippen molar-refractivity contribution in [3.63, 3.8) is 0 Å². The number of carbonyl (C=O) groups excluding carboxylic acids is 2. The van der Waals surface area contributed by atoms with Crippen molar-refractivity contribution >= 4 is 11.8 Å². The summed E-state index contributed by atoms with van der Waals surface area (Å²) in [6.45, 7) is 8.45. The number of aryl methyl sites for hydroxylation is 1. The zero-order valence-corrected chi connectivity index (χ0v) is 13.2. The number of benzene rings is 1. The highest BCUT2D eigenvalue weighted by molar-refractivity contribution is 5.86. The first-order valence-electron chi connectivity index (χ1n) is 7.41. The Morgan fingerprint density at radius 2 is 2.09 bits per heavy atom. The molecule has 22 heavy (non-hydrogen) atoms. The van der Waals surface area contributed by atoms with Crippen LogP contribution in [0.15, 0.2) is 30.9 Å². The average molecular weight is 306 g/mol. The first-order chi connectivity index (χ1) is 10.5. The normalized spacial score (nSPS) is 10.1. The van der Waals surface area contributed by atoms with Crippen LogP contribution in [-0.2, 0) is 16.0 Å². The van der Waals surface area contributed by atoms with Gasteiger partial charge in [0.05, 0.1) is 6.42 Å². The number of rotatable bonds is 8. The van der Waals surface area contributed by atoms with Gasteiger partial charge in [0.1, 0.15) is 5.82 Å². The van der Waals surface area contributed by atoms with Crippen LogP contribution in [0.5, 0.6) is 0 Å². The van der Waals surface area contributed by atoms with Crippen molar-refractivity contribution in [3.8, 4) is 0 Å². The molecular formula is C17H23FN2O2. The molecule has 0 saturated carbocycles. The molecule has 2 amide bonds. The van der Waals surface area contributed by atoms with Gasteiger partial charge in [-0.2, -0.15) is 0 Å². The molecule has 0 aliphatic heterocycles. The summed E-state index contributed by atoms with van der Waals surface area (Å²) >= 11 is 0. The fourth-order valence-electron chi connectivity index (χ4n) is 2.05. The monoisotopic (exact) mass is 306 g/mol. The van der Waals surface area contributed by atoms with Crippen molar-refractivity contribution in [1.82, 2.24) is 10.2 Å². The molecule has 0 atom stereocenters. The fraction of sp³-hybridized carbons (Fsp3) is 0.412. The zero-order valence-electron chi connectivity index (χ0n) is 13.2. The van der Waals surface area contributed by atoms with Crippen molar-refractivity contribution < 1.29 is 14.0 Å². The van der Waals surface area contributed by atoms with Gasteiger partial charge < -0.3 is 10.2 Å². The maximum absolute atomic E-state index is 13.5. The van der Waals surface area contributed by atoms with E-state index in [0.717, 1.165) is 6.42 Å². The van der Waals surface area contributed by atoms with E-state index in [4.69, 9.17) is 0 Å². The maximum Gasteiger partial charge on any atom is 0.243 e. The highest BCUT2D eigenvalue weighted by Crippen LogP contribution is 2.11. The van der Waals surface area contributed by atoms with E-state index in [1.165, 1.54) is 12.1 Å². The molecule has 4 nitrogen and oxygen atoms in total. The van der Waals surface area contributed by atoms with E-state index in [2.05, 4.69) is 11.9 Å². The summed E-state index contributed by atoms with van der Waals surface area (Å²) in [5.74, 6) is -0.631. The largest absolute Gasteiger partial charge is 0.351 e. The standard InChI is InChI=1S/C17H23FN2O2/c1-4-9-20(10-8-19-16(21)5-2)17(22)12-14-7-6-13(3)15(18)11-14/h5-7,11H,2,4,8-10,12H2,1,3H3,(H,19,21). The molecule has 5 heteroatoms. The van der Waals surface area contributed by atoms with Gasteiger partial charge in [0, 0.05) is 19.6 Å². The first-order valence-corrected chi connectivity index (χ1v) is 7.41. The summed E-state index contributed by atoms with van der Waals surface area (Å²) in [5.41, 5.74) is 1.22. The molecule has 0 fully saturated rings. The molecule has 0 saturated heterocycles. The minimum Gasteiger partial charge on any atom is -0.351 e. The van der Waals surface area contributed by atoms with Crippen LogP contribution < -0.4 is 5.32 Å². The Balaban J connectivity index is 2.61. The predicted octanol–water partition coefficient (Wildman–Crippen LogP) is 2.22. The second-order valence-corrected chi connectivity index (χ2v) is 5.14. The highest BCUT2D eigenvalue weighted by Gasteiger charge is 2.14. The van der Waals surface area contributed by atoms with Gasteiger partial charge in [-0.15, -0.1) is 0 Å². The molecule has 0 heterocycles. The molecule has 0 spiro atoms. The Morgan fingerprint density at radius 3 is 2.68 bits per heavy atom. The van der Waals surface area contributed by atoms with Gasteiger partial charge in [0.15, 0.2) is 0 Å². The highest BCUT2D eigenvalue weighted by atomic mass is 19.1. The lowest BCUT2D eigenvalue weighted by atomic mass is 10.1. The van der Waals surface area contributed by atoms with Gasteiger partial charge in [-0.1, -0.05) is 25.6 Å². The summed E-state index contributed by atoms with van der Waals surface area (Å²) in [4.78, 5) is 25.1. The van der Waals surface area contributed by atoms with Crippen molar-refractivity contribution in [2.45, 2.75) is 26.7 Å². The SMILES string of the molecule is C=CC(=O)NCCN(CCC)C(=O)Cc1ccc(C)c(F)c1. The van der Waals surface area contributed by atoms with E-state index in [1.807, 2.05) is 6.92 Å². The average Bonchev–Trinajstić information content (AvgIpc) is 2.49. The number of nitrogens with one attached hydrogen (secondary N) is 1. The van der Waals surface area contributed by atoms with Crippen molar-refractivity contribution in [2.75, 3.05) is 19.6 Å². The van der Waals surface area contributed by atoms with Crippen LogP contribution in [0.4, 0.5) is 4.39 Å². The fourth-order valence-corrected chi connectivity index (χ4v) is 2.05. The van der Waals surface area contributed by atoms with Crippen LogP contribution >= 0.6 is 0 Å². The number of carbonyl (C=O) groups is 2. The van der Waals surface area contributed by atoms with Crippen LogP contribution in [0, 0.1) is 12.7 Å². The number of amides is 2. The second kappa shape index (κ2) is 8.97. The first kappa shape index (κ1) is 17.9. The third kappa shape index (κ3) is 5.68. The third-order valence-corrected chi connectivity index (χ3v) is 3.30. The van der Waals surface area contributed by atoms with E-state index < -0.39 is 0 Å². The van der Waals surface area contributed by atoms with Crippen LogP contribution in [0.2, 0.25) is 0 Å². The minimum absolute atomic E-state index is 0.0713. The quantitative estimate of drug-likeness (QED) is 0.749. The summed E-state index contributed by atoms with van der Waals surface area (Å²) in [7, 11) is 0. The van der Waals surface area contributed by atoms with E-state index >= 15 is 0 Å². The molecular weight excluding hydrogens is 283 g/mol. The van der Waals surface area contributed by atoms with Gasteiger partial charge in [0.2, 0.25) is 11.8 Å². The molecule has 0 aliphatic carbocycles. The molecule has 0 radical (unpaired) electrons. The Hall–Kier alpha value is -2.17. The lowest BCUT2D eigenvalue weighted by Gasteiger charge is -2.22.